The van der Waals surface area contributed by atoms with E-state index < -0.39 is 11.8 Å². The van der Waals surface area contributed by atoms with Crippen molar-refractivity contribution in [3.8, 4) is 0 Å². The Hall–Kier alpha value is -2.57. The summed E-state index contributed by atoms with van der Waals surface area (Å²) in [5.74, 6) is -1.32. The predicted molar refractivity (Wildman–Crippen MR) is 110 cm³/mol. The average Bonchev–Trinajstić information content (AvgIpc) is 2.61. The van der Waals surface area contributed by atoms with Crippen LogP contribution < -0.4 is 16.1 Å². The van der Waals surface area contributed by atoms with E-state index in [1.807, 2.05) is 26.0 Å². The number of carbonyl (C=O) groups excluding carboxylic acids is 2. The summed E-state index contributed by atoms with van der Waals surface area (Å²) < 4.78 is 0. The summed E-state index contributed by atoms with van der Waals surface area (Å²) in [5, 5.41) is 10.7. The molecular weight excluding hydrogens is 387 g/mol. The van der Waals surface area contributed by atoms with E-state index in [1.165, 1.54) is 6.21 Å². The first kappa shape index (κ1) is 20.7. The van der Waals surface area contributed by atoms with E-state index in [0.717, 1.165) is 5.69 Å². The Morgan fingerprint density at radius 1 is 1.07 bits per heavy atom. The van der Waals surface area contributed by atoms with Gasteiger partial charge in [0.1, 0.15) is 0 Å². The number of rotatable bonds is 6. The molecule has 8 heteroatoms. The number of hydrogen-bond acceptors (Lipinski definition) is 4. The second-order valence-electron chi connectivity index (χ2n) is 6.17. The highest BCUT2D eigenvalue weighted by Gasteiger charge is 2.12. The van der Waals surface area contributed by atoms with Gasteiger partial charge in [-0.05, 0) is 42.3 Å². The fourth-order valence-corrected chi connectivity index (χ4v) is 2.44. The Bertz CT molecular complexity index is 853. The lowest BCUT2D eigenvalue weighted by molar-refractivity contribution is -0.139. The van der Waals surface area contributed by atoms with Crippen molar-refractivity contribution < 1.29 is 9.59 Å². The maximum Gasteiger partial charge on any atom is 0.329 e. The van der Waals surface area contributed by atoms with Crippen molar-refractivity contribution in [1.29, 1.82) is 0 Å². The molecule has 0 aliphatic heterocycles. The van der Waals surface area contributed by atoms with Crippen LogP contribution in [0.1, 0.15) is 19.4 Å². The van der Waals surface area contributed by atoms with Gasteiger partial charge in [-0.25, -0.2) is 5.43 Å². The standard InChI is InChI=1S/C19H20Cl2N4O2/c1-12(2)10-22-18(26)19(27)25-23-11-13-8-15(21)6-7-17(13)24-16-5-3-4-14(20)9-16/h3-9,11-12,24H,10H2,1-2H3,(H,22,26)(H,25,27)/b23-11-. The van der Waals surface area contributed by atoms with Gasteiger partial charge >= 0.3 is 11.8 Å². The molecule has 0 atom stereocenters. The minimum Gasteiger partial charge on any atom is -0.355 e. The summed E-state index contributed by atoms with van der Waals surface area (Å²) >= 11 is 12.0. The Labute approximate surface area is 167 Å². The Kier molecular flexibility index (Phi) is 7.64. The summed E-state index contributed by atoms with van der Waals surface area (Å²) in [6.07, 6.45) is 1.41. The van der Waals surface area contributed by atoms with Gasteiger partial charge in [0.05, 0.1) is 6.21 Å². The molecular formula is C19H20Cl2N4O2. The van der Waals surface area contributed by atoms with E-state index >= 15 is 0 Å². The number of nitrogens with one attached hydrogen (secondary N) is 3. The van der Waals surface area contributed by atoms with Crippen LogP contribution in [0.25, 0.3) is 0 Å². The quantitative estimate of drug-likeness (QED) is 0.385. The van der Waals surface area contributed by atoms with Gasteiger partial charge < -0.3 is 10.6 Å². The summed E-state index contributed by atoms with van der Waals surface area (Å²) in [6.45, 7) is 4.28. The highest BCUT2D eigenvalue weighted by molar-refractivity contribution is 6.35. The van der Waals surface area contributed by atoms with Gasteiger partial charge in [-0.3, -0.25) is 9.59 Å². The second-order valence-corrected chi connectivity index (χ2v) is 7.04. The molecule has 2 aromatic rings. The van der Waals surface area contributed by atoms with Crippen molar-refractivity contribution in [3.05, 3.63) is 58.1 Å². The lowest BCUT2D eigenvalue weighted by Crippen LogP contribution is -2.39. The summed E-state index contributed by atoms with van der Waals surface area (Å²) in [6, 6.07) is 12.4. The molecule has 0 aliphatic carbocycles. The molecule has 0 radical (unpaired) electrons. The molecule has 2 aromatic carbocycles. The first-order valence-electron chi connectivity index (χ1n) is 8.28. The molecule has 2 rings (SSSR count). The lowest BCUT2D eigenvalue weighted by atomic mass is 10.2. The minimum absolute atomic E-state index is 0.247. The third-order valence-corrected chi connectivity index (χ3v) is 3.83. The Balaban J connectivity index is 2.06. The molecule has 0 aromatic heterocycles. The molecule has 2 amide bonds. The van der Waals surface area contributed by atoms with Crippen molar-refractivity contribution in [3.63, 3.8) is 0 Å². The number of hydrogen-bond donors (Lipinski definition) is 3. The second kappa shape index (κ2) is 9.94. The van der Waals surface area contributed by atoms with Crippen LogP contribution in [0.15, 0.2) is 47.6 Å². The number of hydrazone groups is 1. The number of anilines is 2. The number of nitrogens with zero attached hydrogens (tertiary/aromatic N) is 1. The zero-order valence-corrected chi connectivity index (χ0v) is 16.4. The third-order valence-electron chi connectivity index (χ3n) is 3.36. The fraction of sp³-hybridized carbons (Fsp3) is 0.211. The van der Waals surface area contributed by atoms with Crippen LogP contribution in [0.3, 0.4) is 0 Å². The van der Waals surface area contributed by atoms with Crippen LogP contribution in [-0.4, -0.2) is 24.6 Å². The van der Waals surface area contributed by atoms with E-state index in [4.69, 9.17) is 23.2 Å². The zero-order chi connectivity index (χ0) is 19.8. The molecule has 27 heavy (non-hydrogen) atoms. The molecule has 0 fully saturated rings. The van der Waals surface area contributed by atoms with Crippen LogP contribution in [0.5, 0.6) is 0 Å². The van der Waals surface area contributed by atoms with Crippen molar-refractivity contribution in [1.82, 2.24) is 10.7 Å². The fourth-order valence-electron chi connectivity index (χ4n) is 2.06. The van der Waals surface area contributed by atoms with Gasteiger partial charge in [-0.2, -0.15) is 5.10 Å². The molecule has 0 spiro atoms. The molecule has 0 saturated carbocycles. The van der Waals surface area contributed by atoms with Gasteiger partial charge in [0.15, 0.2) is 0 Å². The smallest absolute Gasteiger partial charge is 0.329 e. The van der Waals surface area contributed by atoms with Crippen LogP contribution >= 0.6 is 23.2 Å². The van der Waals surface area contributed by atoms with Crippen LogP contribution in [0.4, 0.5) is 11.4 Å². The third kappa shape index (κ3) is 6.92. The van der Waals surface area contributed by atoms with Crippen molar-refractivity contribution in [2.45, 2.75) is 13.8 Å². The van der Waals surface area contributed by atoms with Crippen LogP contribution in [0, 0.1) is 5.92 Å². The van der Waals surface area contributed by atoms with E-state index in [-0.39, 0.29) is 5.92 Å². The molecule has 0 heterocycles. The monoisotopic (exact) mass is 406 g/mol. The maximum atomic E-state index is 11.7. The molecule has 0 saturated heterocycles. The lowest BCUT2D eigenvalue weighted by Gasteiger charge is -2.10. The van der Waals surface area contributed by atoms with E-state index in [0.29, 0.717) is 27.8 Å². The normalized spacial score (nSPS) is 10.9. The molecule has 3 N–H and O–H groups in total. The molecule has 142 valence electrons. The average molecular weight is 407 g/mol. The van der Waals surface area contributed by atoms with Crippen LogP contribution in [-0.2, 0) is 9.59 Å². The SMILES string of the molecule is CC(C)CNC(=O)C(=O)N/N=C\c1cc(Cl)ccc1Nc1cccc(Cl)c1. The largest absolute Gasteiger partial charge is 0.355 e. The van der Waals surface area contributed by atoms with Crippen molar-refractivity contribution in [2.75, 3.05) is 11.9 Å². The van der Waals surface area contributed by atoms with E-state index in [1.54, 1.807) is 30.3 Å². The molecule has 6 nitrogen and oxygen atoms in total. The van der Waals surface area contributed by atoms with Gasteiger partial charge in [-0.1, -0.05) is 43.1 Å². The molecule has 0 bridgehead atoms. The number of carbonyl (C=O) groups is 2. The summed E-state index contributed by atoms with van der Waals surface area (Å²) in [4.78, 5) is 23.4. The molecule has 0 unspecified atom stereocenters. The number of halogens is 2. The minimum atomic E-state index is -0.835. The van der Waals surface area contributed by atoms with E-state index in [9.17, 15) is 9.59 Å². The van der Waals surface area contributed by atoms with Crippen LogP contribution in [0.2, 0.25) is 10.0 Å². The number of benzene rings is 2. The zero-order valence-electron chi connectivity index (χ0n) is 14.9. The number of amides is 2. The van der Waals surface area contributed by atoms with Gasteiger partial charge in [0, 0.05) is 33.5 Å². The van der Waals surface area contributed by atoms with Gasteiger partial charge in [0.25, 0.3) is 0 Å². The summed E-state index contributed by atoms with van der Waals surface area (Å²) in [7, 11) is 0. The first-order valence-corrected chi connectivity index (χ1v) is 9.04. The van der Waals surface area contributed by atoms with Gasteiger partial charge in [-0.15, -0.1) is 0 Å². The Morgan fingerprint density at radius 3 is 2.52 bits per heavy atom. The first-order chi connectivity index (χ1) is 12.8. The highest BCUT2D eigenvalue weighted by Crippen LogP contribution is 2.24. The molecule has 0 aliphatic rings. The Morgan fingerprint density at radius 2 is 1.81 bits per heavy atom. The maximum absolute atomic E-state index is 11.7. The summed E-state index contributed by atoms with van der Waals surface area (Å²) in [5.41, 5.74) is 4.33. The van der Waals surface area contributed by atoms with Crippen molar-refractivity contribution >= 4 is 52.6 Å². The highest BCUT2D eigenvalue weighted by atomic mass is 35.5. The van der Waals surface area contributed by atoms with Crippen molar-refractivity contribution in [2.24, 2.45) is 11.0 Å². The van der Waals surface area contributed by atoms with Gasteiger partial charge in [0.2, 0.25) is 0 Å². The predicted octanol–water partition coefficient (Wildman–Crippen LogP) is 3.96. The van der Waals surface area contributed by atoms with E-state index in [2.05, 4.69) is 21.2 Å². The topological polar surface area (TPSA) is 82.6 Å².